The summed E-state index contributed by atoms with van der Waals surface area (Å²) in [4.78, 5) is 0. The Hall–Kier alpha value is -0.620. The summed E-state index contributed by atoms with van der Waals surface area (Å²) in [5.41, 5.74) is -3.43. The van der Waals surface area contributed by atoms with Crippen LogP contribution in [0.15, 0.2) is 18.5 Å². The standard InChI is InChI=1S/C11H16F3NOS/c1-8(2)10(16)9-3-4-15(7-9)5-6-17-11(12,13)14/h3-4,7-8,10,16H,5-6H2,1-2H3. The van der Waals surface area contributed by atoms with Crippen molar-refractivity contribution in [1.82, 2.24) is 4.57 Å². The molecule has 2 nitrogen and oxygen atoms in total. The molecular formula is C11H16F3NOS. The van der Waals surface area contributed by atoms with Gasteiger partial charge in [0.2, 0.25) is 0 Å². The van der Waals surface area contributed by atoms with Crippen LogP contribution in [0.1, 0.15) is 25.5 Å². The number of aliphatic hydroxyl groups excluding tert-OH is 1. The van der Waals surface area contributed by atoms with E-state index in [1.165, 1.54) is 0 Å². The van der Waals surface area contributed by atoms with Gasteiger partial charge in [0, 0.05) is 24.7 Å². The number of hydrogen-bond donors (Lipinski definition) is 1. The van der Waals surface area contributed by atoms with Gasteiger partial charge in [-0.1, -0.05) is 13.8 Å². The highest BCUT2D eigenvalue weighted by molar-refractivity contribution is 8.00. The van der Waals surface area contributed by atoms with Crippen molar-refractivity contribution in [2.75, 3.05) is 5.75 Å². The van der Waals surface area contributed by atoms with E-state index in [0.29, 0.717) is 0 Å². The second kappa shape index (κ2) is 5.82. The molecule has 0 bridgehead atoms. The van der Waals surface area contributed by atoms with Crippen LogP contribution in [0, 0.1) is 5.92 Å². The molecule has 0 radical (unpaired) electrons. The molecule has 6 heteroatoms. The molecule has 1 aromatic rings. The van der Waals surface area contributed by atoms with Crippen molar-refractivity contribution in [3.05, 3.63) is 24.0 Å². The molecule has 1 unspecified atom stereocenters. The molecule has 1 rings (SSSR count). The van der Waals surface area contributed by atoms with Gasteiger partial charge in [0.15, 0.2) is 0 Å². The van der Waals surface area contributed by atoms with Crippen LogP contribution in [0.25, 0.3) is 0 Å². The Morgan fingerprint density at radius 2 is 2.06 bits per heavy atom. The van der Waals surface area contributed by atoms with Gasteiger partial charge in [-0.15, -0.1) is 0 Å². The zero-order chi connectivity index (χ0) is 13.1. The van der Waals surface area contributed by atoms with E-state index < -0.39 is 11.6 Å². The lowest BCUT2D eigenvalue weighted by atomic mass is 10.0. The molecule has 0 aliphatic carbocycles. The summed E-state index contributed by atoms with van der Waals surface area (Å²) in [6.45, 7) is 4.07. The normalized spacial score (nSPS) is 14.3. The van der Waals surface area contributed by atoms with E-state index in [9.17, 15) is 18.3 Å². The molecule has 0 saturated heterocycles. The molecule has 1 heterocycles. The van der Waals surface area contributed by atoms with Gasteiger partial charge >= 0.3 is 5.51 Å². The minimum Gasteiger partial charge on any atom is -0.388 e. The second-order valence-corrected chi connectivity index (χ2v) is 5.33. The van der Waals surface area contributed by atoms with E-state index >= 15 is 0 Å². The molecule has 1 N–H and O–H groups in total. The maximum absolute atomic E-state index is 11.9. The molecule has 0 aromatic carbocycles. The van der Waals surface area contributed by atoms with E-state index in [2.05, 4.69) is 0 Å². The van der Waals surface area contributed by atoms with E-state index in [1.54, 1.807) is 23.0 Å². The number of hydrogen-bond acceptors (Lipinski definition) is 2. The first kappa shape index (κ1) is 14.4. The van der Waals surface area contributed by atoms with Gasteiger partial charge < -0.3 is 9.67 Å². The quantitative estimate of drug-likeness (QED) is 0.884. The lowest BCUT2D eigenvalue weighted by Crippen LogP contribution is -2.06. The van der Waals surface area contributed by atoms with Gasteiger partial charge in [0.25, 0.3) is 0 Å². The monoisotopic (exact) mass is 267 g/mol. The zero-order valence-corrected chi connectivity index (χ0v) is 10.6. The molecule has 0 amide bonds. The average Bonchev–Trinajstić information content (AvgIpc) is 2.63. The van der Waals surface area contributed by atoms with Crippen LogP contribution in [-0.2, 0) is 6.54 Å². The molecule has 0 saturated carbocycles. The minimum atomic E-state index is -4.17. The highest BCUT2D eigenvalue weighted by atomic mass is 32.2. The van der Waals surface area contributed by atoms with Gasteiger partial charge in [0.1, 0.15) is 0 Å². The Morgan fingerprint density at radius 3 is 2.59 bits per heavy atom. The van der Waals surface area contributed by atoms with E-state index in [4.69, 9.17) is 0 Å². The predicted octanol–water partition coefficient (Wildman–Crippen LogP) is 3.43. The van der Waals surface area contributed by atoms with Crippen molar-refractivity contribution in [3.8, 4) is 0 Å². The van der Waals surface area contributed by atoms with Crippen LogP contribution in [0.3, 0.4) is 0 Å². The van der Waals surface area contributed by atoms with Crippen LogP contribution in [0.4, 0.5) is 13.2 Å². The Labute approximate surface area is 103 Å². The minimum absolute atomic E-state index is 0.0185. The third-order valence-electron chi connectivity index (χ3n) is 2.36. The first-order valence-corrected chi connectivity index (χ1v) is 6.32. The molecule has 98 valence electrons. The molecule has 0 aliphatic rings. The van der Waals surface area contributed by atoms with Crippen LogP contribution in [0.2, 0.25) is 0 Å². The summed E-state index contributed by atoms with van der Waals surface area (Å²) >= 11 is -0.0310. The topological polar surface area (TPSA) is 25.2 Å². The van der Waals surface area contributed by atoms with Crippen LogP contribution in [0.5, 0.6) is 0 Å². The molecule has 1 aromatic heterocycles. The number of alkyl halides is 3. The van der Waals surface area contributed by atoms with Crippen molar-refractivity contribution in [2.24, 2.45) is 5.92 Å². The van der Waals surface area contributed by atoms with Crippen molar-refractivity contribution in [1.29, 1.82) is 0 Å². The Bertz CT molecular complexity index is 349. The lowest BCUT2D eigenvalue weighted by Gasteiger charge is -2.12. The largest absolute Gasteiger partial charge is 0.441 e. The third-order valence-corrected chi connectivity index (χ3v) is 3.08. The first-order chi connectivity index (χ1) is 7.79. The molecular weight excluding hydrogens is 251 g/mol. The van der Waals surface area contributed by atoms with Gasteiger partial charge in [-0.3, -0.25) is 0 Å². The SMILES string of the molecule is CC(C)C(O)c1ccn(CCSC(F)(F)F)c1. The number of aryl methyl sites for hydroxylation is 1. The van der Waals surface area contributed by atoms with Crippen LogP contribution < -0.4 is 0 Å². The fourth-order valence-corrected chi connectivity index (χ4v) is 1.96. The van der Waals surface area contributed by atoms with Crippen molar-refractivity contribution in [3.63, 3.8) is 0 Å². The number of thioether (sulfide) groups is 1. The van der Waals surface area contributed by atoms with Crippen molar-refractivity contribution in [2.45, 2.75) is 32.0 Å². The summed E-state index contributed by atoms with van der Waals surface area (Å²) in [5, 5.41) is 9.77. The first-order valence-electron chi connectivity index (χ1n) is 5.34. The fourth-order valence-electron chi connectivity index (χ4n) is 1.43. The highest BCUT2D eigenvalue weighted by Crippen LogP contribution is 2.30. The number of aliphatic hydroxyl groups is 1. The fraction of sp³-hybridized carbons (Fsp3) is 0.636. The maximum Gasteiger partial charge on any atom is 0.441 e. The van der Waals surface area contributed by atoms with E-state index in [1.807, 2.05) is 13.8 Å². The highest BCUT2D eigenvalue weighted by Gasteiger charge is 2.27. The summed E-state index contributed by atoms with van der Waals surface area (Å²) in [6.07, 6.45) is 2.82. The van der Waals surface area contributed by atoms with Crippen LogP contribution >= 0.6 is 11.8 Å². The van der Waals surface area contributed by atoms with E-state index in [-0.39, 0.29) is 30.0 Å². The molecule has 0 fully saturated rings. The average molecular weight is 267 g/mol. The predicted molar refractivity (Wildman–Crippen MR) is 62.7 cm³/mol. The molecule has 1 atom stereocenters. The van der Waals surface area contributed by atoms with Crippen molar-refractivity contribution >= 4 is 11.8 Å². The maximum atomic E-state index is 11.9. The van der Waals surface area contributed by atoms with Crippen LogP contribution in [-0.4, -0.2) is 20.9 Å². The number of nitrogens with zero attached hydrogens (tertiary/aromatic N) is 1. The summed E-state index contributed by atoms with van der Waals surface area (Å²) < 4.78 is 37.4. The molecule has 17 heavy (non-hydrogen) atoms. The molecule has 0 spiro atoms. The summed E-state index contributed by atoms with van der Waals surface area (Å²) in [6, 6.07) is 1.74. The van der Waals surface area contributed by atoms with Crippen molar-refractivity contribution < 1.29 is 18.3 Å². The van der Waals surface area contributed by atoms with Gasteiger partial charge in [0.05, 0.1) is 6.10 Å². The number of rotatable bonds is 5. The Morgan fingerprint density at radius 1 is 1.41 bits per heavy atom. The Kier molecular flexibility index (Phi) is 4.94. The smallest absolute Gasteiger partial charge is 0.388 e. The zero-order valence-electron chi connectivity index (χ0n) is 9.74. The summed E-state index contributed by atoms with van der Waals surface area (Å²) in [5.74, 6) is 0.0745. The van der Waals surface area contributed by atoms with Gasteiger partial charge in [-0.05, 0) is 29.3 Å². The summed E-state index contributed by atoms with van der Waals surface area (Å²) in [7, 11) is 0. The van der Waals surface area contributed by atoms with Gasteiger partial charge in [-0.25, -0.2) is 0 Å². The molecule has 0 aliphatic heterocycles. The third kappa shape index (κ3) is 5.04. The lowest BCUT2D eigenvalue weighted by molar-refractivity contribution is -0.0328. The Balaban J connectivity index is 2.46. The second-order valence-electron chi connectivity index (χ2n) is 4.17. The van der Waals surface area contributed by atoms with Gasteiger partial charge in [-0.2, -0.15) is 13.2 Å². The van der Waals surface area contributed by atoms with E-state index in [0.717, 1.165) is 5.56 Å². The number of halogens is 3. The number of aromatic nitrogens is 1.